The van der Waals surface area contributed by atoms with Gasteiger partial charge in [0.1, 0.15) is 5.78 Å². The Kier molecular flexibility index (Phi) is 2.24. The largest absolute Gasteiger partial charge is 0.299 e. The van der Waals surface area contributed by atoms with Crippen molar-refractivity contribution >= 4 is 5.78 Å². The average molecular weight is 194 g/mol. The van der Waals surface area contributed by atoms with Crippen molar-refractivity contribution in [2.24, 2.45) is 16.7 Å². The van der Waals surface area contributed by atoms with Crippen LogP contribution in [0.15, 0.2) is 0 Å². The fraction of sp³-hybridized carbons (Fsp3) is 0.923. The molecule has 1 heteroatoms. The molecule has 2 aliphatic carbocycles. The van der Waals surface area contributed by atoms with Crippen LogP contribution in [0, 0.1) is 16.7 Å². The highest BCUT2D eigenvalue weighted by molar-refractivity contribution is 5.85. The Hall–Kier alpha value is -0.330. The molecule has 0 heterocycles. The van der Waals surface area contributed by atoms with E-state index in [0.717, 1.165) is 12.8 Å². The number of carbonyl (C=O) groups is 1. The van der Waals surface area contributed by atoms with Crippen LogP contribution in [0.1, 0.15) is 59.3 Å². The molecule has 0 aliphatic heterocycles. The van der Waals surface area contributed by atoms with Gasteiger partial charge in [0, 0.05) is 12.3 Å². The molecule has 2 rings (SSSR count). The predicted molar refractivity (Wildman–Crippen MR) is 58.1 cm³/mol. The van der Waals surface area contributed by atoms with Gasteiger partial charge in [0.05, 0.1) is 0 Å². The molecule has 0 saturated heterocycles. The molecule has 0 aromatic heterocycles. The summed E-state index contributed by atoms with van der Waals surface area (Å²) >= 11 is 0. The Morgan fingerprint density at radius 2 is 1.71 bits per heavy atom. The molecule has 2 aliphatic rings. The van der Waals surface area contributed by atoms with E-state index in [1.54, 1.807) is 0 Å². The first kappa shape index (κ1) is 10.2. The zero-order valence-electron chi connectivity index (χ0n) is 9.73. The van der Waals surface area contributed by atoms with E-state index in [2.05, 4.69) is 20.8 Å². The standard InChI is InChI=1S/C13H22O/c1-12(2)8-10(12)11(14)9-13(3)6-4-5-7-13/h10H,4-9H2,1-3H3. The van der Waals surface area contributed by atoms with Gasteiger partial charge in [0.25, 0.3) is 0 Å². The summed E-state index contributed by atoms with van der Waals surface area (Å²) < 4.78 is 0. The minimum absolute atomic E-state index is 0.325. The molecule has 14 heavy (non-hydrogen) atoms. The SMILES string of the molecule is CC1(CC(=O)C2CC2(C)C)CCCC1. The van der Waals surface area contributed by atoms with Gasteiger partial charge in [-0.05, 0) is 30.1 Å². The highest BCUT2D eigenvalue weighted by Gasteiger charge is 2.51. The molecular formula is C13H22O. The second-order valence-electron chi connectivity index (χ2n) is 6.41. The first-order valence-electron chi connectivity index (χ1n) is 5.96. The number of hydrogen-bond acceptors (Lipinski definition) is 1. The molecule has 2 saturated carbocycles. The summed E-state index contributed by atoms with van der Waals surface area (Å²) in [6, 6.07) is 0. The van der Waals surface area contributed by atoms with Gasteiger partial charge in [0.2, 0.25) is 0 Å². The molecule has 0 N–H and O–H groups in total. The lowest BCUT2D eigenvalue weighted by Gasteiger charge is -2.22. The molecule has 0 aromatic rings. The predicted octanol–water partition coefficient (Wildman–Crippen LogP) is 3.57. The second kappa shape index (κ2) is 3.08. The molecular weight excluding hydrogens is 172 g/mol. The minimum Gasteiger partial charge on any atom is -0.299 e. The smallest absolute Gasteiger partial charge is 0.137 e. The molecule has 0 spiro atoms. The number of Topliss-reactive ketones (excluding diaryl/α,β-unsaturated/α-hetero) is 1. The summed E-state index contributed by atoms with van der Waals surface area (Å²) in [7, 11) is 0. The van der Waals surface area contributed by atoms with E-state index in [9.17, 15) is 4.79 Å². The summed E-state index contributed by atoms with van der Waals surface area (Å²) in [5, 5.41) is 0. The Morgan fingerprint density at radius 1 is 1.21 bits per heavy atom. The van der Waals surface area contributed by atoms with Crippen molar-refractivity contribution in [3.8, 4) is 0 Å². The van der Waals surface area contributed by atoms with Crippen LogP contribution < -0.4 is 0 Å². The topological polar surface area (TPSA) is 17.1 Å². The van der Waals surface area contributed by atoms with E-state index < -0.39 is 0 Å². The van der Waals surface area contributed by atoms with Gasteiger partial charge in [-0.1, -0.05) is 33.6 Å². The third kappa shape index (κ3) is 1.87. The fourth-order valence-electron chi connectivity index (χ4n) is 2.97. The Balaban J connectivity index is 1.89. The van der Waals surface area contributed by atoms with E-state index >= 15 is 0 Å². The van der Waals surface area contributed by atoms with Crippen LogP contribution in [0.4, 0.5) is 0 Å². The zero-order valence-corrected chi connectivity index (χ0v) is 9.73. The zero-order chi connectivity index (χ0) is 10.4. The molecule has 0 radical (unpaired) electrons. The van der Waals surface area contributed by atoms with Crippen LogP contribution in [0.25, 0.3) is 0 Å². The minimum atomic E-state index is 0.325. The van der Waals surface area contributed by atoms with Gasteiger partial charge < -0.3 is 0 Å². The van der Waals surface area contributed by atoms with Crippen LogP contribution in [0.2, 0.25) is 0 Å². The highest BCUT2D eigenvalue weighted by atomic mass is 16.1. The molecule has 80 valence electrons. The van der Waals surface area contributed by atoms with E-state index in [1.165, 1.54) is 25.7 Å². The Bertz CT molecular complexity index is 246. The number of rotatable bonds is 3. The maximum atomic E-state index is 12.0. The van der Waals surface area contributed by atoms with Gasteiger partial charge in [-0.15, -0.1) is 0 Å². The molecule has 1 unspecified atom stereocenters. The molecule has 1 nitrogen and oxygen atoms in total. The summed E-state index contributed by atoms with van der Waals surface area (Å²) in [6.45, 7) is 6.73. The van der Waals surface area contributed by atoms with Crippen molar-refractivity contribution in [2.75, 3.05) is 0 Å². The number of ketones is 1. The van der Waals surface area contributed by atoms with Crippen LogP contribution in [0.5, 0.6) is 0 Å². The van der Waals surface area contributed by atoms with Crippen molar-refractivity contribution in [1.29, 1.82) is 0 Å². The molecule has 0 amide bonds. The quantitative estimate of drug-likeness (QED) is 0.671. The number of hydrogen-bond donors (Lipinski definition) is 0. The first-order valence-corrected chi connectivity index (χ1v) is 5.96. The maximum Gasteiger partial charge on any atom is 0.137 e. The van der Waals surface area contributed by atoms with E-state index in [4.69, 9.17) is 0 Å². The molecule has 2 fully saturated rings. The summed E-state index contributed by atoms with van der Waals surface area (Å²) in [5.74, 6) is 0.930. The maximum absolute atomic E-state index is 12.0. The summed E-state index contributed by atoms with van der Waals surface area (Å²) in [6.07, 6.45) is 7.18. The van der Waals surface area contributed by atoms with Gasteiger partial charge in [-0.25, -0.2) is 0 Å². The van der Waals surface area contributed by atoms with Gasteiger partial charge >= 0.3 is 0 Å². The van der Waals surface area contributed by atoms with Crippen molar-refractivity contribution in [2.45, 2.75) is 59.3 Å². The summed E-state index contributed by atoms with van der Waals surface area (Å²) in [5.41, 5.74) is 0.682. The number of carbonyl (C=O) groups excluding carboxylic acids is 1. The lowest BCUT2D eigenvalue weighted by molar-refractivity contribution is -0.123. The summed E-state index contributed by atoms with van der Waals surface area (Å²) in [4.78, 5) is 12.0. The monoisotopic (exact) mass is 194 g/mol. The molecule has 0 aromatic carbocycles. The third-order valence-corrected chi connectivity index (χ3v) is 4.31. The van der Waals surface area contributed by atoms with Crippen LogP contribution in [0.3, 0.4) is 0 Å². The Morgan fingerprint density at radius 3 is 2.14 bits per heavy atom. The van der Waals surface area contributed by atoms with E-state index in [-0.39, 0.29) is 0 Å². The normalized spacial score (nSPS) is 32.9. The van der Waals surface area contributed by atoms with Gasteiger partial charge in [0.15, 0.2) is 0 Å². The van der Waals surface area contributed by atoms with E-state index in [1.807, 2.05) is 0 Å². The lowest BCUT2D eigenvalue weighted by Crippen LogP contribution is -2.19. The van der Waals surface area contributed by atoms with Crippen molar-refractivity contribution in [3.63, 3.8) is 0 Å². The highest BCUT2D eigenvalue weighted by Crippen LogP contribution is 2.54. The fourth-order valence-corrected chi connectivity index (χ4v) is 2.97. The lowest BCUT2D eigenvalue weighted by atomic mass is 9.82. The molecule has 1 atom stereocenters. The third-order valence-electron chi connectivity index (χ3n) is 4.31. The van der Waals surface area contributed by atoms with Crippen molar-refractivity contribution < 1.29 is 4.79 Å². The van der Waals surface area contributed by atoms with Gasteiger partial charge in [-0.2, -0.15) is 0 Å². The van der Waals surface area contributed by atoms with Gasteiger partial charge in [-0.3, -0.25) is 4.79 Å². The van der Waals surface area contributed by atoms with Crippen LogP contribution >= 0.6 is 0 Å². The van der Waals surface area contributed by atoms with E-state index in [0.29, 0.717) is 22.5 Å². The van der Waals surface area contributed by atoms with Crippen molar-refractivity contribution in [1.82, 2.24) is 0 Å². The average Bonchev–Trinajstić information content (AvgIpc) is 2.51. The Labute approximate surface area is 87.3 Å². The first-order chi connectivity index (χ1) is 6.43. The van der Waals surface area contributed by atoms with Crippen LogP contribution in [-0.4, -0.2) is 5.78 Å². The van der Waals surface area contributed by atoms with Crippen LogP contribution in [-0.2, 0) is 4.79 Å². The van der Waals surface area contributed by atoms with Crippen molar-refractivity contribution in [3.05, 3.63) is 0 Å². The molecule has 0 bridgehead atoms. The second-order valence-corrected chi connectivity index (χ2v) is 6.41.